The summed E-state index contributed by atoms with van der Waals surface area (Å²) in [6, 6.07) is 10.9. The Morgan fingerprint density at radius 3 is 2.72 bits per heavy atom. The largest absolute Gasteiger partial charge is 0.487 e. The lowest BCUT2D eigenvalue weighted by Gasteiger charge is -2.42. The second-order valence-electron chi connectivity index (χ2n) is 5.97. The Labute approximate surface area is 108 Å². The average Bonchev–Trinajstić information content (AvgIpc) is 3.11. The molecule has 1 saturated carbocycles. The highest BCUT2D eigenvalue weighted by molar-refractivity contribution is 5.46. The number of hydrogen-bond donors (Lipinski definition) is 1. The van der Waals surface area contributed by atoms with Crippen LogP contribution in [0.2, 0.25) is 0 Å². The van der Waals surface area contributed by atoms with Gasteiger partial charge in [-0.1, -0.05) is 18.2 Å². The average molecular weight is 242 g/mol. The molecule has 3 heteroatoms. The molecular weight excluding hydrogens is 224 g/mol. The molecule has 1 aromatic carbocycles. The minimum Gasteiger partial charge on any atom is -0.487 e. The fourth-order valence-corrected chi connectivity index (χ4v) is 2.81. The molecule has 1 aliphatic carbocycles. The van der Waals surface area contributed by atoms with Crippen molar-refractivity contribution < 1.29 is 4.74 Å². The van der Waals surface area contributed by atoms with E-state index in [1.165, 1.54) is 12.8 Å². The van der Waals surface area contributed by atoms with E-state index in [2.05, 4.69) is 11.4 Å². The Kier molecular flexibility index (Phi) is 2.39. The molecular formula is C15H18N2O. The van der Waals surface area contributed by atoms with Crippen molar-refractivity contribution in [1.82, 2.24) is 5.32 Å². The maximum atomic E-state index is 9.73. The lowest BCUT2D eigenvalue weighted by atomic mass is 9.78. The SMILES string of the molecule is CC1(C)CC(C#N)(NC2CC2)c2ccccc2O1. The third kappa shape index (κ3) is 1.87. The zero-order valence-corrected chi connectivity index (χ0v) is 10.9. The maximum Gasteiger partial charge on any atom is 0.139 e. The minimum absolute atomic E-state index is 0.314. The molecule has 3 nitrogen and oxygen atoms in total. The maximum absolute atomic E-state index is 9.73. The topological polar surface area (TPSA) is 45.0 Å². The van der Waals surface area contributed by atoms with Crippen LogP contribution >= 0.6 is 0 Å². The summed E-state index contributed by atoms with van der Waals surface area (Å²) in [6.07, 6.45) is 3.03. The van der Waals surface area contributed by atoms with Crippen LogP contribution in [0.25, 0.3) is 0 Å². The van der Waals surface area contributed by atoms with Gasteiger partial charge in [0.05, 0.1) is 6.07 Å². The molecule has 1 atom stereocenters. The van der Waals surface area contributed by atoms with Gasteiger partial charge in [0.1, 0.15) is 16.9 Å². The molecule has 1 unspecified atom stereocenters. The highest BCUT2D eigenvalue weighted by Crippen LogP contribution is 2.44. The van der Waals surface area contributed by atoms with E-state index in [1.54, 1.807) is 0 Å². The summed E-state index contributed by atoms with van der Waals surface area (Å²) in [7, 11) is 0. The Morgan fingerprint density at radius 2 is 2.06 bits per heavy atom. The van der Waals surface area contributed by atoms with Gasteiger partial charge in [-0.15, -0.1) is 0 Å². The molecule has 0 amide bonds. The van der Waals surface area contributed by atoms with Crippen molar-refractivity contribution in [3.63, 3.8) is 0 Å². The molecule has 0 aromatic heterocycles. The van der Waals surface area contributed by atoms with Crippen molar-refractivity contribution in [1.29, 1.82) is 5.26 Å². The van der Waals surface area contributed by atoms with E-state index >= 15 is 0 Å². The van der Waals surface area contributed by atoms with Crippen LogP contribution in [0.3, 0.4) is 0 Å². The molecule has 3 rings (SSSR count). The van der Waals surface area contributed by atoms with Crippen LogP contribution in [-0.2, 0) is 5.54 Å². The van der Waals surface area contributed by atoms with E-state index in [0.29, 0.717) is 12.5 Å². The predicted molar refractivity (Wildman–Crippen MR) is 69.2 cm³/mol. The summed E-state index contributed by atoms with van der Waals surface area (Å²) < 4.78 is 5.99. The highest BCUT2D eigenvalue weighted by atomic mass is 16.5. The van der Waals surface area contributed by atoms with Gasteiger partial charge in [-0.3, -0.25) is 5.32 Å². The summed E-state index contributed by atoms with van der Waals surface area (Å²) in [4.78, 5) is 0. The number of hydrogen-bond acceptors (Lipinski definition) is 3. The van der Waals surface area contributed by atoms with Gasteiger partial charge in [0.2, 0.25) is 0 Å². The van der Waals surface area contributed by atoms with Gasteiger partial charge in [-0.05, 0) is 32.8 Å². The van der Waals surface area contributed by atoms with Crippen molar-refractivity contribution in [2.24, 2.45) is 0 Å². The first-order valence-electron chi connectivity index (χ1n) is 6.52. The van der Waals surface area contributed by atoms with Crippen molar-refractivity contribution in [3.8, 4) is 11.8 Å². The predicted octanol–water partition coefficient (Wildman–Crippen LogP) is 2.72. The van der Waals surface area contributed by atoms with E-state index in [4.69, 9.17) is 4.74 Å². The van der Waals surface area contributed by atoms with Gasteiger partial charge in [-0.25, -0.2) is 0 Å². The molecule has 18 heavy (non-hydrogen) atoms. The fraction of sp³-hybridized carbons (Fsp3) is 0.533. The summed E-state index contributed by atoms with van der Waals surface area (Å²) in [5.41, 5.74) is 0.0737. The zero-order valence-electron chi connectivity index (χ0n) is 10.9. The molecule has 1 aromatic rings. The van der Waals surface area contributed by atoms with E-state index in [1.807, 2.05) is 38.1 Å². The third-order valence-electron chi connectivity index (χ3n) is 3.64. The monoisotopic (exact) mass is 242 g/mol. The van der Waals surface area contributed by atoms with Crippen LogP contribution in [0.1, 0.15) is 38.7 Å². The van der Waals surface area contributed by atoms with Crippen LogP contribution in [0.4, 0.5) is 0 Å². The summed E-state index contributed by atoms with van der Waals surface area (Å²) in [6.45, 7) is 4.09. The van der Waals surface area contributed by atoms with Gasteiger partial charge in [0.15, 0.2) is 0 Å². The van der Waals surface area contributed by atoms with Gasteiger partial charge < -0.3 is 4.74 Å². The molecule has 1 aliphatic heterocycles. The standard InChI is InChI=1S/C15H18N2O/c1-14(2)9-15(10-16,17-11-7-8-11)12-5-3-4-6-13(12)18-14/h3-6,11,17H,7-9H2,1-2H3. The summed E-state index contributed by atoms with van der Waals surface area (Å²) >= 11 is 0. The molecule has 0 spiro atoms. The number of nitrogens with one attached hydrogen (secondary N) is 1. The van der Waals surface area contributed by atoms with E-state index < -0.39 is 5.54 Å². The van der Waals surface area contributed by atoms with E-state index in [0.717, 1.165) is 11.3 Å². The molecule has 1 heterocycles. The smallest absolute Gasteiger partial charge is 0.139 e. The minimum atomic E-state index is -0.598. The van der Waals surface area contributed by atoms with Crippen LogP contribution in [0, 0.1) is 11.3 Å². The number of para-hydroxylation sites is 1. The lowest BCUT2D eigenvalue weighted by molar-refractivity contribution is 0.0486. The van der Waals surface area contributed by atoms with Crippen molar-refractivity contribution in [3.05, 3.63) is 29.8 Å². The molecule has 2 aliphatic rings. The zero-order chi connectivity index (χ0) is 12.8. The first-order valence-corrected chi connectivity index (χ1v) is 6.52. The van der Waals surface area contributed by atoms with Crippen molar-refractivity contribution in [2.75, 3.05) is 0 Å². The van der Waals surface area contributed by atoms with Gasteiger partial charge in [-0.2, -0.15) is 5.26 Å². The molecule has 1 fully saturated rings. The molecule has 0 bridgehead atoms. The Hall–Kier alpha value is -1.53. The Bertz CT molecular complexity index is 513. The number of nitrogens with zero attached hydrogens (tertiary/aromatic N) is 1. The molecule has 94 valence electrons. The lowest BCUT2D eigenvalue weighted by Crippen LogP contribution is -2.52. The normalized spacial score (nSPS) is 28.9. The molecule has 0 saturated heterocycles. The number of nitriles is 1. The highest BCUT2D eigenvalue weighted by Gasteiger charge is 2.47. The Morgan fingerprint density at radius 1 is 1.33 bits per heavy atom. The second-order valence-corrected chi connectivity index (χ2v) is 5.97. The summed E-state index contributed by atoms with van der Waals surface area (Å²) in [5.74, 6) is 0.837. The molecule has 1 N–H and O–H groups in total. The van der Waals surface area contributed by atoms with Gasteiger partial charge in [0, 0.05) is 18.0 Å². The van der Waals surface area contributed by atoms with Gasteiger partial charge in [0.25, 0.3) is 0 Å². The number of rotatable bonds is 2. The fourth-order valence-electron chi connectivity index (χ4n) is 2.81. The van der Waals surface area contributed by atoms with Crippen molar-refractivity contribution >= 4 is 0 Å². The third-order valence-corrected chi connectivity index (χ3v) is 3.64. The van der Waals surface area contributed by atoms with Crippen LogP contribution < -0.4 is 10.1 Å². The van der Waals surface area contributed by atoms with E-state index in [9.17, 15) is 5.26 Å². The van der Waals surface area contributed by atoms with Gasteiger partial charge >= 0.3 is 0 Å². The second kappa shape index (κ2) is 3.73. The van der Waals surface area contributed by atoms with Crippen LogP contribution in [-0.4, -0.2) is 11.6 Å². The van der Waals surface area contributed by atoms with E-state index in [-0.39, 0.29) is 5.60 Å². The first kappa shape index (κ1) is 11.6. The number of fused-ring (bicyclic) bond motifs is 1. The van der Waals surface area contributed by atoms with Crippen LogP contribution in [0.5, 0.6) is 5.75 Å². The first-order chi connectivity index (χ1) is 8.55. The van der Waals surface area contributed by atoms with Crippen molar-refractivity contribution in [2.45, 2.75) is 50.3 Å². The molecule has 0 radical (unpaired) electrons. The number of ether oxygens (including phenoxy) is 1. The van der Waals surface area contributed by atoms with Crippen LogP contribution in [0.15, 0.2) is 24.3 Å². The Balaban J connectivity index is 2.09. The summed E-state index contributed by atoms with van der Waals surface area (Å²) in [5, 5.41) is 13.3. The number of benzene rings is 1. The quantitative estimate of drug-likeness (QED) is 0.867.